The molecule has 3 rings (SSSR count). The van der Waals surface area contributed by atoms with Gasteiger partial charge in [-0.1, -0.05) is 42.4 Å². The third-order valence-corrected chi connectivity index (χ3v) is 3.14. The van der Waals surface area contributed by atoms with Crippen molar-refractivity contribution in [2.45, 2.75) is 26.7 Å². The van der Waals surface area contributed by atoms with Gasteiger partial charge in [0.1, 0.15) is 5.75 Å². The first-order valence-corrected chi connectivity index (χ1v) is 6.97. The zero-order valence-electron chi connectivity index (χ0n) is 12.2. The summed E-state index contributed by atoms with van der Waals surface area (Å²) in [5.41, 5.74) is 0.0699. The number of nitrogens with zero attached hydrogens (tertiary/aromatic N) is 3. The minimum absolute atomic E-state index is 0.0699. The molecule has 21 heavy (non-hydrogen) atoms. The molecule has 0 N–H and O–H groups in total. The minimum Gasteiger partial charge on any atom is -0.436 e. The van der Waals surface area contributed by atoms with Crippen molar-refractivity contribution in [3.8, 4) is 11.6 Å². The van der Waals surface area contributed by atoms with Crippen molar-refractivity contribution in [1.82, 2.24) is 15.0 Å². The molecule has 0 amide bonds. The second-order valence-corrected chi connectivity index (χ2v) is 5.91. The zero-order valence-corrected chi connectivity index (χ0v) is 12.2. The monoisotopic (exact) mass is 289 g/mol. The van der Waals surface area contributed by atoms with Crippen LogP contribution in [0.15, 0.2) is 36.5 Å². The van der Waals surface area contributed by atoms with Crippen LogP contribution >= 0.6 is 0 Å². The highest BCUT2D eigenvalue weighted by atomic mass is 16.7. The van der Waals surface area contributed by atoms with E-state index in [2.05, 4.69) is 24.2 Å². The summed E-state index contributed by atoms with van der Waals surface area (Å²) >= 11 is 0. The molecule has 0 radical (unpaired) electrons. The molecule has 1 fully saturated rings. The average Bonchev–Trinajstić information content (AvgIpc) is 2.90. The van der Waals surface area contributed by atoms with Gasteiger partial charge >= 0.3 is 0 Å². The largest absolute Gasteiger partial charge is 0.436 e. The number of benzene rings is 1. The highest BCUT2D eigenvalue weighted by Gasteiger charge is 2.28. The first-order valence-electron chi connectivity index (χ1n) is 6.97. The molecule has 0 bridgehead atoms. The summed E-state index contributed by atoms with van der Waals surface area (Å²) in [6, 6.07) is 9.49. The summed E-state index contributed by atoms with van der Waals surface area (Å²) in [5, 5.41) is 8.01. The van der Waals surface area contributed by atoms with E-state index >= 15 is 0 Å². The van der Waals surface area contributed by atoms with Crippen LogP contribution < -0.4 is 4.74 Å². The van der Waals surface area contributed by atoms with Crippen LogP contribution in [0.4, 0.5) is 0 Å². The number of hydrogen-bond donors (Lipinski definition) is 0. The molecule has 0 saturated carbocycles. The van der Waals surface area contributed by atoms with Crippen LogP contribution in [0.1, 0.15) is 13.8 Å². The van der Waals surface area contributed by atoms with Crippen molar-refractivity contribution >= 4 is 0 Å². The smallest absolute Gasteiger partial charge is 0.258 e. The average molecular weight is 289 g/mol. The quantitative estimate of drug-likeness (QED) is 0.865. The van der Waals surface area contributed by atoms with E-state index in [1.54, 1.807) is 10.9 Å². The Morgan fingerprint density at radius 1 is 1.24 bits per heavy atom. The lowest BCUT2D eigenvalue weighted by molar-refractivity contribution is -0.227. The van der Waals surface area contributed by atoms with E-state index in [9.17, 15) is 0 Å². The van der Waals surface area contributed by atoms with Crippen LogP contribution in [-0.4, -0.2) is 34.5 Å². The Hall–Kier alpha value is -1.92. The molecular weight excluding hydrogens is 270 g/mol. The lowest BCUT2D eigenvalue weighted by Gasteiger charge is -2.34. The van der Waals surface area contributed by atoms with Crippen LogP contribution in [0.3, 0.4) is 0 Å². The molecule has 0 spiro atoms. The third-order valence-electron chi connectivity index (χ3n) is 3.14. The van der Waals surface area contributed by atoms with Crippen molar-refractivity contribution in [1.29, 1.82) is 0 Å². The summed E-state index contributed by atoms with van der Waals surface area (Å²) in [5.74, 6) is 1.19. The molecule has 1 saturated heterocycles. The Labute approximate surface area is 123 Å². The minimum atomic E-state index is -0.288. The van der Waals surface area contributed by atoms with E-state index in [1.165, 1.54) is 0 Å². The van der Waals surface area contributed by atoms with E-state index in [0.29, 0.717) is 25.6 Å². The van der Waals surface area contributed by atoms with Crippen LogP contribution in [0.2, 0.25) is 0 Å². The van der Waals surface area contributed by atoms with Gasteiger partial charge in [-0.2, -0.15) is 0 Å². The molecule has 6 heteroatoms. The predicted octanol–water partition coefficient (Wildman–Crippen LogP) is 2.47. The number of rotatable bonds is 4. The molecule has 112 valence electrons. The Morgan fingerprint density at radius 2 is 1.95 bits per heavy atom. The number of para-hydroxylation sites is 1. The van der Waals surface area contributed by atoms with Crippen molar-refractivity contribution in [3.05, 3.63) is 36.5 Å². The highest BCUT2D eigenvalue weighted by molar-refractivity contribution is 5.24. The Kier molecular flexibility index (Phi) is 3.90. The SMILES string of the molecule is CC1(C)COC(Cn2cc(Oc3ccccc3)nn2)OC1. The summed E-state index contributed by atoms with van der Waals surface area (Å²) in [4.78, 5) is 0. The highest BCUT2D eigenvalue weighted by Crippen LogP contribution is 2.24. The summed E-state index contributed by atoms with van der Waals surface area (Å²) in [6.45, 7) is 6.09. The lowest BCUT2D eigenvalue weighted by atomic mass is 9.96. The maximum absolute atomic E-state index is 5.67. The van der Waals surface area contributed by atoms with Crippen LogP contribution in [0.5, 0.6) is 11.6 Å². The molecule has 0 atom stereocenters. The molecule has 6 nitrogen and oxygen atoms in total. The van der Waals surface area contributed by atoms with Gasteiger partial charge in [-0.3, -0.25) is 0 Å². The molecule has 2 heterocycles. The molecule has 0 aliphatic carbocycles. The van der Waals surface area contributed by atoms with Gasteiger partial charge in [-0.25, -0.2) is 4.68 Å². The normalized spacial score (nSPS) is 18.6. The Balaban J connectivity index is 1.56. The predicted molar refractivity (Wildman–Crippen MR) is 76.0 cm³/mol. The third kappa shape index (κ3) is 3.80. The fraction of sp³-hybridized carbons (Fsp3) is 0.467. The van der Waals surface area contributed by atoms with Crippen molar-refractivity contribution < 1.29 is 14.2 Å². The molecule has 0 unspecified atom stereocenters. The second kappa shape index (κ2) is 5.83. The number of aromatic nitrogens is 3. The van der Waals surface area contributed by atoms with Gasteiger partial charge in [0, 0.05) is 5.41 Å². The van der Waals surface area contributed by atoms with Gasteiger partial charge in [-0.15, -0.1) is 0 Å². The maximum atomic E-state index is 5.67. The maximum Gasteiger partial charge on any atom is 0.258 e. The molecule has 1 aliphatic heterocycles. The van der Waals surface area contributed by atoms with Gasteiger partial charge in [0.25, 0.3) is 5.88 Å². The zero-order chi connectivity index (χ0) is 14.7. The standard InChI is InChI=1S/C15H19N3O3/c1-15(2)10-19-14(20-11-15)9-18-8-13(16-17-18)21-12-6-4-3-5-7-12/h3-8,14H,9-11H2,1-2H3. The van der Waals surface area contributed by atoms with E-state index in [-0.39, 0.29) is 11.7 Å². The first kappa shape index (κ1) is 14.0. The van der Waals surface area contributed by atoms with Gasteiger partial charge in [0.15, 0.2) is 6.29 Å². The van der Waals surface area contributed by atoms with Crippen molar-refractivity contribution in [3.63, 3.8) is 0 Å². The van der Waals surface area contributed by atoms with Crippen molar-refractivity contribution in [2.24, 2.45) is 5.41 Å². The van der Waals surface area contributed by atoms with Gasteiger partial charge in [-0.05, 0) is 12.1 Å². The van der Waals surface area contributed by atoms with Gasteiger partial charge in [0.2, 0.25) is 0 Å². The van der Waals surface area contributed by atoms with Crippen LogP contribution in [-0.2, 0) is 16.0 Å². The molecule has 1 aliphatic rings. The summed E-state index contributed by atoms with van der Waals surface area (Å²) in [7, 11) is 0. The Bertz CT molecular complexity index is 573. The Morgan fingerprint density at radius 3 is 2.67 bits per heavy atom. The fourth-order valence-corrected chi connectivity index (χ4v) is 2.01. The molecule has 2 aromatic rings. The van der Waals surface area contributed by atoms with Crippen LogP contribution in [0, 0.1) is 5.41 Å². The fourth-order valence-electron chi connectivity index (χ4n) is 2.01. The van der Waals surface area contributed by atoms with Gasteiger partial charge in [0.05, 0.1) is 26.0 Å². The first-order chi connectivity index (χ1) is 10.1. The van der Waals surface area contributed by atoms with E-state index < -0.39 is 0 Å². The van der Waals surface area contributed by atoms with Crippen LogP contribution in [0.25, 0.3) is 0 Å². The molecule has 1 aromatic heterocycles. The topological polar surface area (TPSA) is 58.4 Å². The lowest BCUT2D eigenvalue weighted by Crippen LogP contribution is -2.39. The molecular formula is C15H19N3O3. The van der Waals surface area contributed by atoms with E-state index in [4.69, 9.17) is 14.2 Å². The second-order valence-electron chi connectivity index (χ2n) is 5.91. The number of hydrogen-bond acceptors (Lipinski definition) is 5. The summed E-state index contributed by atoms with van der Waals surface area (Å²) < 4.78 is 18.6. The van der Waals surface area contributed by atoms with Crippen molar-refractivity contribution in [2.75, 3.05) is 13.2 Å². The number of ether oxygens (including phenoxy) is 3. The van der Waals surface area contributed by atoms with E-state index in [1.807, 2.05) is 30.3 Å². The summed E-state index contributed by atoms with van der Waals surface area (Å²) in [6.07, 6.45) is 1.45. The molecule has 1 aromatic carbocycles. The van der Waals surface area contributed by atoms with E-state index in [0.717, 1.165) is 5.75 Å². The van der Waals surface area contributed by atoms with Gasteiger partial charge < -0.3 is 14.2 Å².